The van der Waals surface area contributed by atoms with Gasteiger partial charge >= 0.3 is 0 Å². The molecule has 7 nitrogen and oxygen atoms in total. The molecule has 0 bridgehead atoms. The lowest BCUT2D eigenvalue weighted by Gasteiger charge is -2.39. The maximum atomic E-state index is 11.2. The molecule has 1 aromatic heterocycles. The van der Waals surface area contributed by atoms with E-state index < -0.39 is 0 Å². The quantitative estimate of drug-likeness (QED) is 0.832. The molecular weight excluding hydrogens is 368 g/mol. The van der Waals surface area contributed by atoms with Crippen molar-refractivity contribution in [1.29, 1.82) is 0 Å². The Labute approximate surface area is 171 Å². The minimum atomic E-state index is -0.0954. The van der Waals surface area contributed by atoms with Gasteiger partial charge in [-0.15, -0.1) is 0 Å². The fourth-order valence-corrected chi connectivity index (χ4v) is 4.20. The number of nitrogens with one attached hydrogen (secondary N) is 1. The van der Waals surface area contributed by atoms with E-state index in [1.807, 2.05) is 24.3 Å². The van der Waals surface area contributed by atoms with Crippen LogP contribution >= 0.6 is 0 Å². The number of nitrogens with zero attached hydrogens (tertiary/aromatic N) is 3. The van der Waals surface area contributed by atoms with E-state index in [1.54, 1.807) is 12.4 Å². The highest BCUT2D eigenvalue weighted by Crippen LogP contribution is 2.34. The van der Waals surface area contributed by atoms with Crippen molar-refractivity contribution in [2.75, 3.05) is 31.6 Å². The van der Waals surface area contributed by atoms with Gasteiger partial charge in [-0.2, -0.15) is 0 Å². The zero-order valence-electron chi connectivity index (χ0n) is 16.8. The van der Waals surface area contributed by atoms with Gasteiger partial charge in [0.25, 0.3) is 0 Å². The molecule has 7 heteroatoms. The molecule has 2 fully saturated rings. The van der Waals surface area contributed by atoms with E-state index in [1.165, 1.54) is 6.92 Å². The molecule has 154 valence electrons. The number of hydrogen-bond acceptors (Lipinski definition) is 6. The van der Waals surface area contributed by atoms with Crippen molar-refractivity contribution < 1.29 is 14.3 Å². The number of anilines is 1. The van der Waals surface area contributed by atoms with Gasteiger partial charge < -0.3 is 19.7 Å². The molecule has 4 rings (SSSR count). The average molecular weight is 396 g/mol. The van der Waals surface area contributed by atoms with Crippen molar-refractivity contribution in [2.24, 2.45) is 0 Å². The Bertz CT molecular complexity index is 813. The van der Waals surface area contributed by atoms with Crippen LogP contribution in [0.15, 0.2) is 36.7 Å². The molecule has 1 aromatic carbocycles. The normalized spacial score (nSPS) is 19.1. The zero-order chi connectivity index (χ0) is 20.1. The maximum Gasteiger partial charge on any atom is 0.241 e. The Kier molecular flexibility index (Phi) is 6.36. The Balaban J connectivity index is 1.40. The minimum Gasteiger partial charge on any atom is -0.437 e. The van der Waals surface area contributed by atoms with Crippen LogP contribution in [0.5, 0.6) is 11.6 Å². The molecule has 2 aliphatic rings. The molecule has 1 N–H and O–H groups in total. The number of rotatable bonds is 5. The first-order valence-corrected chi connectivity index (χ1v) is 10.4. The first-order chi connectivity index (χ1) is 14.2. The predicted octanol–water partition coefficient (Wildman–Crippen LogP) is 3.59. The van der Waals surface area contributed by atoms with E-state index in [4.69, 9.17) is 9.47 Å². The number of ether oxygens (including phenoxy) is 2. The molecule has 2 saturated heterocycles. The minimum absolute atomic E-state index is 0.0954. The third-order valence-electron chi connectivity index (χ3n) is 5.70. The van der Waals surface area contributed by atoms with Gasteiger partial charge in [0.05, 0.1) is 0 Å². The fourth-order valence-electron chi connectivity index (χ4n) is 4.20. The molecule has 0 unspecified atom stereocenters. The van der Waals surface area contributed by atoms with Gasteiger partial charge in [0.1, 0.15) is 11.4 Å². The van der Waals surface area contributed by atoms with E-state index in [0.717, 1.165) is 63.4 Å². The van der Waals surface area contributed by atoms with Gasteiger partial charge in [0, 0.05) is 50.2 Å². The van der Waals surface area contributed by atoms with Crippen LogP contribution in [-0.4, -0.2) is 53.1 Å². The van der Waals surface area contributed by atoms with Crippen molar-refractivity contribution in [3.8, 4) is 11.6 Å². The van der Waals surface area contributed by atoms with Gasteiger partial charge in [0.15, 0.2) is 0 Å². The van der Waals surface area contributed by atoms with Gasteiger partial charge in [0.2, 0.25) is 11.8 Å². The summed E-state index contributed by atoms with van der Waals surface area (Å²) in [4.78, 5) is 22.8. The largest absolute Gasteiger partial charge is 0.437 e. The standard InChI is InChI=1S/C22H28N4O3/c1-16(27)25-18-2-4-20(5-3-18)29-22-21(23-10-11-24-22)17-6-12-26(13-7-17)19-8-14-28-15-9-19/h2-5,10-11,17,19H,6-9,12-15H2,1H3,(H,25,27). The lowest BCUT2D eigenvalue weighted by molar-refractivity contribution is -0.114. The molecule has 0 atom stereocenters. The third-order valence-corrected chi connectivity index (χ3v) is 5.70. The molecule has 0 saturated carbocycles. The number of benzene rings is 1. The summed E-state index contributed by atoms with van der Waals surface area (Å²) >= 11 is 0. The fraction of sp³-hybridized carbons (Fsp3) is 0.500. The number of carbonyl (C=O) groups excluding carboxylic acids is 1. The highest BCUT2D eigenvalue weighted by atomic mass is 16.5. The van der Waals surface area contributed by atoms with Gasteiger partial charge in [-0.1, -0.05) is 0 Å². The van der Waals surface area contributed by atoms with Gasteiger partial charge in [-0.25, -0.2) is 4.98 Å². The van der Waals surface area contributed by atoms with Crippen LogP contribution in [-0.2, 0) is 9.53 Å². The van der Waals surface area contributed by atoms with Crippen molar-refractivity contribution >= 4 is 11.6 Å². The topological polar surface area (TPSA) is 76.6 Å². The summed E-state index contributed by atoms with van der Waals surface area (Å²) in [6.07, 6.45) is 7.81. The van der Waals surface area contributed by atoms with Crippen LogP contribution in [0.25, 0.3) is 0 Å². The lowest BCUT2D eigenvalue weighted by atomic mass is 9.91. The number of aromatic nitrogens is 2. The number of carbonyl (C=O) groups is 1. The van der Waals surface area contributed by atoms with E-state index in [0.29, 0.717) is 23.6 Å². The zero-order valence-corrected chi connectivity index (χ0v) is 16.8. The van der Waals surface area contributed by atoms with Crippen LogP contribution in [0.2, 0.25) is 0 Å². The second kappa shape index (κ2) is 9.33. The molecule has 0 aliphatic carbocycles. The first kappa shape index (κ1) is 19.8. The predicted molar refractivity (Wildman–Crippen MR) is 110 cm³/mol. The first-order valence-electron chi connectivity index (χ1n) is 10.4. The van der Waals surface area contributed by atoms with E-state index in [9.17, 15) is 4.79 Å². The lowest BCUT2D eigenvalue weighted by Crippen LogP contribution is -2.43. The van der Waals surface area contributed by atoms with Crippen LogP contribution in [0.3, 0.4) is 0 Å². The second-order valence-electron chi connectivity index (χ2n) is 7.71. The van der Waals surface area contributed by atoms with E-state index in [2.05, 4.69) is 20.2 Å². The molecule has 29 heavy (non-hydrogen) atoms. The van der Waals surface area contributed by atoms with E-state index >= 15 is 0 Å². The summed E-state index contributed by atoms with van der Waals surface area (Å²) in [5.74, 6) is 1.51. The summed E-state index contributed by atoms with van der Waals surface area (Å²) in [5, 5.41) is 2.76. The van der Waals surface area contributed by atoms with Crippen molar-refractivity contribution in [3.63, 3.8) is 0 Å². The molecule has 1 amide bonds. The Morgan fingerprint density at radius 2 is 1.76 bits per heavy atom. The maximum absolute atomic E-state index is 11.2. The number of likely N-dealkylation sites (tertiary alicyclic amines) is 1. The average Bonchev–Trinajstić information content (AvgIpc) is 2.76. The van der Waals surface area contributed by atoms with E-state index in [-0.39, 0.29) is 5.91 Å². The Morgan fingerprint density at radius 3 is 2.45 bits per heavy atom. The second-order valence-corrected chi connectivity index (χ2v) is 7.71. The monoisotopic (exact) mass is 396 g/mol. The van der Waals surface area contributed by atoms with Crippen molar-refractivity contribution in [2.45, 2.75) is 44.6 Å². The summed E-state index contributed by atoms with van der Waals surface area (Å²) in [6, 6.07) is 7.96. The Hall–Kier alpha value is -2.51. The van der Waals surface area contributed by atoms with Crippen LogP contribution in [0, 0.1) is 0 Å². The molecule has 3 heterocycles. The Morgan fingerprint density at radius 1 is 1.07 bits per heavy atom. The molecule has 2 aliphatic heterocycles. The highest BCUT2D eigenvalue weighted by Gasteiger charge is 2.29. The summed E-state index contributed by atoms with van der Waals surface area (Å²) in [6.45, 7) is 5.41. The molecule has 0 spiro atoms. The molecule has 0 radical (unpaired) electrons. The number of piperidine rings is 1. The molecular formula is C22H28N4O3. The summed E-state index contributed by atoms with van der Waals surface area (Å²) in [5.41, 5.74) is 1.68. The van der Waals surface area contributed by atoms with Crippen LogP contribution in [0.1, 0.15) is 44.2 Å². The van der Waals surface area contributed by atoms with Crippen LogP contribution < -0.4 is 10.1 Å². The van der Waals surface area contributed by atoms with Gasteiger partial charge in [-0.3, -0.25) is 9.78 Å². The third kappa shape index (κ3) is 5.10. The number of hydrogen-bond donors (Lipinski definition) is 1. The van der Waals surface area contributed by atoms with Gasteiger partial charge in [-0.05, 0) is 63.0 Å². The summed E-state index contributed by atoms with van der Waals surface area (Å²) < 4.78 is 11.5. The highest BCUT2D eigenvalue weighted by molar-refractivity contribution is 5.88. The van der Waals surface area contributed by atoms with Crippen molar-refractivity contribution in [1.82, 2.24) is 14.9 Å². The van der Waals surface area contributed by atoms with Crippen LogP contribution in [0.4, 0.5) is 5.69 Å². The summed E-state index contributed by atoms with van der Waals surface area (Å²) in [7, 11) is 0. The smallest absolute Gasteiger partial charge is 0.241 e. The SMILES string of the molecule is CC(=O)Nc1ccc(Oc2nccnc2C2CCN(C3CCOCC3)CC2)cc1. The van der Waals surface area contributed by atoms with Crippen molar-refractivity contribution in [3.05, 3.63) is 42.4 Å². The molecule has 2 aromatic rings. The number of amides is 1.